The molecule has 0 saturated carbocycles. The third kappa shape index (κ3) is 4.31. The minimum Gasteiger partial charge on any atom is -0.398 e. The third-order valence-electron chi connectivity index (χ3n) is 4.98. The molecule has 0 radical (unpaired) electrons. The van der Waals surface area contributed by atoms with Crippen molar-refractivity contribution in [1.82, 2.24) is 0 Å². The quantitative estimate of drug-likeness (QED) is 0.278. The Labute approximate surface area is 180 Å². The van der Waals surface area contributed by atoms with Gasteiger partial charge < -0.3 is 5.73 Å². The van der Waals surface area contributed by atoms with Crippen LogP contribution in [0.5, 0.6) is 0 Å². The zero-order chi connectivity index (χ0) is 21.8. The highest BCUT2D eigenvalue weighted by molar-refractivity contribution is 5.99. The molecule has 4 rings (SSSR count). The molecule has 150 valence electrons. The number of nitrogens with two attached hydrogens (primary N) is 1. The van der Waals surface area contributed by atoms with Crippen LogP contribution in [0.3, 0.4) is 0 Å². The Hall–Kier alpha value is -4.37. The van der Waals surface area contributed by atoms with E-state index in [9.17, 15) is 0 Å². The number of nitriles is 1. The Kier molecular flexibility index (Phi) is 5.50. The minimum atomic E-state index is 0.592. The second kappa shape index (κ2) is 8.56. The maximum Gasteiger partial charge on any atom is 0.0991 e. The molecule has 0 aliphatic carbocycles. The standard InChI is InChI=1S/C25H20N6/c1-16-14-25(31-29-23-12-11-22(27)20-5-3-4-6-21(20)23)17(2)13-24(16)30-28-19-9-7-18(15-26)8-10-19/h3-14H,27H2,1-2H3/b30-28+,31-29+. The molecule has 0 fully saturated rings. The Morgan fingerprint density at radius 1 is 0.677 bits per heavy atom. The van der Waals surface area contributed by atoms with E-state index < -0.39 is 0 Å². The summed E-state index contributed by atoms with van der Waals surface area (Å²) in [4.78, 5) is 0. The van der Waals surface area contributed by atoms with Crippen molar-refractivity contribution in [2.75, 3.05) is 5.73 Å². The summed E-state index contributed by atoms with van der Waals surface area (Å²) in [7, 11) is 0. The predicted octanol–water partition coefficient (Wildman–Crippen LogP) is 7.74. The van der Waals surface area contributed by atoms with Gasteiger partial charge in [0, 0.05) is 16.5 Å². The van der Waals surface area contributed by atoms with Crippen LogP contribution in [-0.4, -0.2) is 0 Å². The van der Waals surface area contributed by atoms with Crippen LogP contribution in [0.15, 0.2) is 93.3 Å². The van der Waals surface area contributed by atoms with E-state index in [0.29, 0.717) is 11.3 Å². The highest BCUT2D eigenvalue weighted by atomic mass is 15.1. The summed E-state index contributed by atoms with van der Waals surface area (Å²) in [6.45, 7) is 3.93. The smallest absolute Gasteiger partial charge is 0.0991 e. The fourth-order valence-corrected chi connectivity index (χ4v) is 3.22. The van der Waals surface area contributed by atoms with E-state index in [4.69, 9.17) is 11.0 Å². The van der Waals surface area contributed by atoms with Gasteiger partial charge in [0.2, 0.25) is 0 Å². The second-order valence-corrected chi connectivity index (χ2v) is 7.20. The summed E-state index contributed by atoms with van der Waals surface area (Å²) >= 11 is 0. The van der Waals surface area contributed by atoms with E-state index in [1.54, 1.807) is 24.3 Å². The maximum atomic E-state index is 8.88. The summed E-state index contributed by atoms with van der Waals surface area (Å²) in [5.74, 6) is 0. The molecule has 0 aliphatic rings. The fourth-order valence-electron chi connectivity index (χ4n) is 3.22. The summed E-state index contributed by atoms with van der Waals surface area (Å²) in [5, 5.41) is 28.4. The molecule has 0 unspecified atom stereocenters. The summed E-state index contributed by atoms with van der Waals surface area (Å²) < 4.78 is 0. The maximum absolute atomic E-state index is 8.88. The number of hydrogen-bond acceptors (Lipinski definition) is 6. The zero-order valence-corrected chi connectivity index (χ0v) is 17.2. The average Bonchev–Trinajstić information content (AvgIpc) is 2.80. The third-order valence-corrected chi connectivity index (χ3v) is 4.98. The van der Waals surface area contributed by atoms with E-state index in [0.717, 1.165) is 44.6 Å². The molecule has 4 aromatic rings. The molecule has 0 aromatic heterocycles. The largest absolute Gasteiger partial charge is 0.398 e. The zero-order valence-electron chi connectivity index (χ0n) is 17.2. The molecule has 0 aliphatic heterocycles. The Morgan fingerprint density at radius 2 is 1.26 bits per heavy atom. The lowest BCUT2D eigenvalue weighted by Gasteiger charge is -2.06. The predicted molar refractivity (Wildman–Crippen MR) is 124 cm³/mol. The van der Waals surface area contributed by atoms with Gasteiger partial charge in [0.1, 0.15) is 0 Å². The summed E-state index contributed by atoms with van der Waals surface area (Å²) in [6.07, 6.45) is 0. The molecule has 6 nitrogen and oxygen atoms in total. The van der Waals surface area contributed by atoms with E-state index >= 15 is 0 Å². The van der Waals surface area contributed by atoms with Crippen LogP contribution < -0.4 is 5.73 Å². The van der Waals surface area contributed by atoms with Gasteiger partial charge in [0.15, 0.2) is 0 Å². The van der Waals surface area contributed by atoms with E-state index in [1.165, 1.54) is 0 Å². The van der Waals surface area contributed by atoms with Gasteiger partial charge in [-0.1, -0.05) is 24.3 Å². The number of hydrogen-bond donors (Lipinski definition) is 1. The lowest BCUT2D eigenvalue weighted by molar-refractivity contribution is 1.17. The van der Waals surface area contributed by atoms with Gasteiger partial charge in [-0.3, -0.25) is 0 Å². The van der Waals surface area contributed by atoms with Gasteiger partial charge in [-0.15, -0.1) is 5.11 Å². The number of benzene rings is 4. The van der Waals surface area contributed by atoms with Crippen molar-refractivity contribution in [2.24, 2.45) is 20.5 Å². The van der Waals surface area contributed by atoms with Gasteiger partial charge >= 0.3 is 0 Å². The van der Waals surface area contributed by atoms with Gasteiger partial charge in [-0.25, -0.2) is 0 Å². The number of nitrogens with zero attached hydrogens (tertiary/aromatic N) is 5. The number of anilines is 1. The molecule has 31 heavy (non-hydrogen) atoms. The van der Waals surface area contributed by atoms with Crippen LogP contribution in [0, 0.1) is 25.2 Å². The Balaban J connectivity index is 1.61. The molecule has 0 bridgehead atoms. The topological polar surface area (TPSA) is 99.2 Å². The molecule has 6 heteroatoms. The number of rotatable bonds is 4. The lowest BCUT2D eigenvalue weighted by Crippen LogP contribution is -1.86. The van der Waals surface area contributed by atoms with E-state index in [1.807, 2.05) is 62.4 Å². The van der Waals surface area contributed by atoms with Gasteiger partial charge in [-0.05, 0) is 73.5 Å². The molecular formula is C25H20N6. The number of nitrogen functional groups attached to an aromatic ring is 1. The highest BCUT2D eigenvalue weighted by Gasteiger charge is 2.06. The van der Waals surface area contributed by atoms with Crippen molar-refractivity contribution in [3.63, 3.8) is 0 Å². The van der Waals surface area contributed by atoms with E-state index in [2.05, 4.69) is 26.5 Å². The highest BCUT2D eigenvalue weighted by Crippen LogP contribution is 2.34. The lowest BCUT2D eigenvalue weighted by atomic mass is 10.1. The second-order valence-electron chi connectivity index (χ2n) is 7.20. The first-order valence-electron chi connectivity index (χ1n) is 9.77. The monoisotopic (exact) mass is 404 g/mol. The molecule has 0 saturated heterocycles. The average molecular weight is 404 g/mol. The van der Waals surface area contributed by atoms with Crippen molar-refractivity contribution >= 4 is 39.2 Å². The normalized spacial score (nSPS) is 11.4. The molecule has 0 atom stereocenters. The Morgan fingerprint density at radius 3 is 1.90 bits per heavy atom. The van der Waals surface area contributed by atoms with Crippen molar-refractivity contribution in [2.45, 2.75) is 13.8 Å². The molecule has 0 amide bonds. The molecule has 0 spiro atoms. The first kappa shape index (κ1) is 19.9. The fraction of sp³-hybridized carbons (Fsp3) is 0.0800. The van der Waals surface area contributed by atoms with Gasteiger partial charge in [-0.2, -0.15) is 20.6 Å². The molecule has 2 N–H and O–H groups in total. The molecule has 4 aromatic carbocycles. The number of fused-ring (bicyclic) bond motifs is 1. The van der Waals surface area contributed by atoms with Crippen molar-refractivity contribution in [1.29, 1.82) is 5.26 Å². The summed E-state index contributed by atoms with van der Waals surface area (Å²) in [6, 6.07) is 24.6. The first-order valence-corrected chi connectivity index (χ1v) is 9.77. The number of aryl methyl sites for hydroxylation is 2. The van der Waals surface area contributed by atoms with Crippen molar-refractivity contribution in [3.8, 4) is 6.07 Å². The van der Waals surface area contributed by atoms with Crippen LogP contribution in [0.4, 0.5) is 28.4 Å². The summed E-state index contributed by atoms with van der Waals surface area (Å²) in [5.41, 5.74) is 12.3. The SMILES string of the molecule is Cc1cc(/N=N/c2ccc(N)c3ccccc23)c(C)cc1/N=N/c1ccc(C#N)cc1. The van der Waals surface area contributed by atoms with Crippen LogP contribution >= 0.6 is 0 Å². The van der Waals surface area contributed by atoms with Crippen LogP contribution in [-0.2, 0) is 0 Å². The van der Waals surface area contributed by atoms with Crippen molar-refractivity contribution < 1.29 is 0 Å². The van der Waals surface area contributed by atoms with Gasteiger partial charge in [0.05, 0.1) is 34.4 Å². The van der Waals surface area contributed by atoms with E-state index in [-0.39, 0.29) is 0 Å². The van der Waals surface area contributed by atoms with Gasteiger partial charge in [0.25, 0.3) is 0 Å². The van der Waals surface area contributed by atoms with Crippen LogP contribution in [0.25, 0.3) is 10.8 Å². The Bertz CT molecular complexity index is 1360. The molecule has 0 heterocycles. The number of azo groups is 2. The molecular weight excluding hydrogens is 384 g/mol. The van der Waals surface area contributed by atoms with Crippen LogP contribution in [0.1, 0.15) is 16.7 Å². The first-order chi connectivity index (χ1) is 15.0. The van der Waals surface area contributed by atoms with Crippen LogP contribution in [0.2, 0.25) is 0 Å². The van der Waals surface area contributed by atoms with Crippen molar-refractivity contribution in [3.05, 3.63) is 89.5 Å². The minimum absolute atomic E-state index is 0.592.